The lowest BCUT2D eigenvalue weighted by Crippen LogP contribution is -2.44. The second-order valence-electron chi connectivity index (χ2n) is 9.57. The number of carbonyl (C=O) groups excluding carboxylic acids is 3. The Morgan fingerprint density at radius 2 is 1.76 bits per heavy atom. The van der Waals surface area contributed by atoms with Crippen molar-refractivity contribution in [3.8, 4) is 5.75 Å². The van der Waals surface area contributed by atoms with Crippen molar-refractivity contribution >= 4 is 51.5 Å². The van der Waals surface area contributed by atoms with Crippen molar-refractivity contribution in [1.82, 2.24) is 15.1 Å². The molecule has 1 atom stereocenters. The molecule has 198 valence electrons. The van der Waals surface area contributed by atoms with E-state index < -0.39 is 0 Å². The summed E-state index contributed by atoms with van der Waals surface area (Å²) in [6, 6.07) is 14.8. The van der Waals surface area contributed by atoms with E-state index in [4.69, 9.17) is 16.3 Å². The van der Waals surface area contributed by atoms with Crippen molar-refractivity contribution < 1.29 is 19.1 Å². The number of carbonyl (C=O) groups is 3. The number of hydrogen-bond acceptors (Lipinski definition) is 7. The Bertz CT molecular complexity index is 1310. The normalized spacial score (nSPS) is 18.1. The average Bonchev–Trinajstić information content (AvgIpc) is 3.54. The van der Waals surface area contributed by atoms with Crippen molar-refractivity contribution in [2.45, 2.75) is 32.8 Å². The number of likely N-dealkylation sites (tertiary alicyclic amines) is 1. The van der Waals surface area contributed by atoms with E-state index in [1.165, 1.54) is 11.3 Å². The minimum absolute atomic E-state index is 0.0127. The van der Waals surface area contributed by atoms with E-state index in [-0.39, 0.29) is 42.6 Å². The molecule has 2 aliphatic rings. The maximum atomic E-state index is 13.1. The summed E-state index contributed by atoms with van der Waals surface area (Å²) in [5, 5.41) is 12.7. The summed E-state index contributed by atoms with van der Waals surface area (Å²) in [4.78, 5) is 42.0. The van der Waals surface area contributed by atoms with Gasteiger partial charge in [-0.25, -0.2) is 0 Å². The summed E-state index contributed by atoms with van der Waals surface area (Å²) in [7, 11) is 0. The van der Waals surface area contributed by atoms with Gasteiger partial charge in [0.25, 0.3) is 0 Å². The topological polar surface area (TPSA) is 105 Å². The highest BCUT2D eigenvalue weighted by Crippen LogP contribution is 2.29. The number of nitrogens with zero attached hydrogens (tertiary/aromatic N) is 4. The Hall–Kier alpha value is -3.50. The van der Waals surface area contributed by atoms with Gasteiger partial charge < -0.3 is 19.9 Å². The smallest absolute Gasteiger partial charge is 0.229 e. The fraction of sp³-hybridized carbons (Fsp3) is 0.370. The number of nitrogens with one attached hydrogen (secondary N) is 1. The van der Waals surface area contributed by atoms with E-state index in [1.54, 1.807) is 34.1 Å². The van der Waals surface area contributed by atoms with Crippen LogP contribution in [0.3, 0.4) is 0 Å². The Labute approximate surface area is 229 Å². The van der Waals surface area contributed by atoms with Crippen LogP contribution < -0.4 is 15.0 Å². The zero-order valence-corrected chi connectivity index (χ0v) is 22.5. The Morgan fingerprint density at radius 3 is 2.47 bits per heavy atom. The molecule has 0 spiro atoms. The zero-order chi connectivity index (χ0) is 26.6. The van der Waals surface area contributed by atoms with Crippen molar-refractivity contribution in [3.63, 3.8) is 0 Å². The second kappa shape index (κ2) is 11.5. The zero-order valence-electron chi connectivity index (χ0n) is 20.9. The van der Waals surface area contributed by atoms with Crippen LogP contribution in [0.1, 0.15) is 29.8 Å². The Morgan fingerprint density at radius 1 is 1.05 bits per heavy atom. The molecule has 2 aromatic carbocycles. The van der Waals surface area contributed by atoms with E-state index >= 15 is 0 Å². The molecule has 1 aromatic heterocycles. The van der Waals surface area contributed by atoms with Crippen LogP contribution in [0.2, 0.25) is 5.02 Å². The third-order valence-corrected chi connectivity index (χ3v) is 7.93. The van der Waals surface area contributed by atoms with Gasteiger partial charge >= 0.3 is 0 Å². The highest BCUT2D eigenvalue weighted by atomic mass is 35.5. The summed E-state index contributed by atoms with van der Waals surface area (Å²) in [6.07, 6.45) is 1.34. The molecule has 9 nitrogen and oxygen atoms in total. The van der Waals surface area contributed by atoms with E-state index in [9.17, 15) is 14.4 Å². The molecule has 0 aliphatic carbocycles. The van der Waals surface area contributed by atoms with Crippen LogP contribution in [0.5, 0.6) is 5.75 Å². The van der Waals surface area contributed by atoms with Gasteiger partial charge in [0, 0.05) is 42.7 Å². The van der Waals surface area contributed by atoms with Gasteiger partial charge in [0.15, 0.2) is 5.01 Å². The molecule has 5 rings (SSSR count). The van der Waals surface area contributed by atoms with Crippen molar-refractivity contribution in [3.05, 3.63) is 64.1 Å². The van der Waals surface area contributed by atoms with Crippen LogP contribution in [-0.4, -0.2) is 52.5 Å². The first kappa shape index (κ1) is 26.1. The number of benzene rings is 2. The fourth-order valence-corrected chi connectivity index (χ4v) is 5.50. The predicted molar refractivity (Wildman–Crippen MR) is 145 cm³/mol. The number of amides is 3. The number of halogens is 1. The first-order valence-electron chi connectivity index (χ1n) is 12.5. The molecule has 3 aromatic rings. The van der Waals surface area contributed by atoms with Crippen molar-refractivity contribution in [1.29, 1.82) is 0 Å². The SMILES string of the molecule is Cc1ccc(N2CC(C(=O)N3CCC(C(=O)Nc4nnc(COc5ccc(Cl)cc5)s4)CC3)CC2=O)cc1. The maximum Gasteiger partial charge on any atom is 0.229 e. The Balaban J connectivity index is 1.08. The lowest BCUT2D eigenvalue weighted by atomic mass is 9.94. The molecule has 0 saturated carbocycles. The van der Waals surface area contributed by atoms with Gasteiger partial charge in [-0.15, -0.1) is 10.2 Å². The molecule has 0 radical (unpaired) electrons. The third kappa shape index (κ3) is 6.14. The lowest BCUT2D eigenvalue weighted by molar-refractivity contribution is -0.138. The van der Waals surface area contributed by atoms with Gasteiger partial charge in [0.05, 0.1) is 5.92 Å². The van der Waals surface area contributed by atoms with Crippen molar-refractivity contribution in [2.24, 2.45) is 11.8 Å². The van der Waals surface area contributed by atoms with Crippen molar-refractivity contribution in [2.75, 3.05) is 29.9 Å². The number of hydrogen-bond donors (Lipinski definition) is 1. The molecule has 1 unspecified atom stereocenters. The molecule has 0 bridgehead atoms. The average molecular weight is 554 g/mol. The van der Waals surface area contributed by atoms with E-state index in [1.807, 2.05) is 31.2 Å². The molecule has 1 N–H and O–H groups in total. The molecule has 2 aliphatic heterocycles. The summed E-state index contributed by atoms with van der Waals surface area (Å²) in [5.74, 6) is -0.0749. The number of piperidine rings is 1. The first-order valence-corrected chi connectivity index (χ1v) is 13.7. The summed E-state index contributed by atoms with van der Waals surface area (Å²) >= 11 is 7.15. The van der Waals surface area contributed by atoms with Gasteiger partial charge in [0.2, 0.25) is 22.9 Å². The molecule has 3 heterocycles. The highest BCUT2D eigenvalue weighted by Gasteiger charge is 2.38. The number of rotatable bonds is 7. The molecule has 2 saturated heterocycles. The van der Waals surface area contributed by atoms with Crippen LogP contribution in [0, 0.1) is 18.8 Å². The molecule has 3 amide bonds. The quantitative estimate of drug-likeness (QED) is 0.467. The number of ether oxygens (including phenoxy) is 1. The van der Waals surface area contributed by atoms with Gasteiger partial charge in [-0.3, -0.25) is 14.4 Å². The van der Waals surface area contributed by atoms with Crippen LogP contribution in [0.25, 0.3) is 0 Å². The van der Waals surface area contributed by atoms with Crippen LogP contribution in [0.15, 0.2) is 48.5 Å². The second-order valence-corrected chi connectivity index (χ2v) is 11.1. The number of anilines is 2. The lowest BCUT2D eigenvalue weighted by Gasteiger charge is -2.32. The minimum Gasteiger partial charge on any atom is -0.486 e. The number of aromatic nitrogens is 2. The molecule has 2 fully saturated rings. The van der Waals surface area contributed by atoms with E-state index in [0.717, 1.165) is 11.3 Å². The molecular formula is C27H28ClN5O4S. The van der Waals surface area contributed by atoms with Gasteiger partial charge in [0.1, 0.15) is 12.4 Å². The first-order chi connectivity index (χ1) is 18.4. The van der Waals surface area contributed by atoms with Crippen LogP contribution in [-0.2, 0) is 21.0 Å². The predicted octanol–water partition coefficient (Wildman–Crippen LogP) is 4.31. The Kier molecular flexibility index (Phi) is 7.90. The highest BCUT2D eigenvalue weighted by molar-refractivity contribution is 7.15. The van der Waals surface area contributed by atoms with E-state index in [2.05, 4.69) is 15.5 Å². The summed E-state index contributed by atoms with van der Waals surface area (Å²) < 4.78 is 5.68. The monoisotopic (exact) mass is 553 g/mol. The van der Waals surface area contributed by atoms with Crippen LogP contribution in [0.4, 0.5) is 10.8 Å². The fourth-order valence-electron chi connectivity index (χ4n) is 4.71. The third-order valence-electron chi connectivity index (χ3n) is 6.87. The largest absolute Gasteiger partial charge is 0.486 e. The minimum atomic E-state index is -0.357. The molecule has 38 heavy (non-hydrogen) atoms. The van der Waals surface area contributed by atoms with E-state index in [0.29, 0.717) is 53.4 Å². The maximum absolute atomic E-state index is 13.1. The number of aryl methyl sites for hydroxylation is 1. The molecular weight excluding hydrogens is 526 g/mol. The summed E-state index contributed by atoms with van der Waals surface area (Å²) in [5.41, 5.74) is 1.94. The van der Waals surface area contributed by atoms with Gasteiger partial charge in [-0.2, -0.15) is 0 Å². The molecule has 11 heteroatoms. The standard InChI is InChI=1S/C27H28ClN5O4S/c1-17-2-6-21(7-3-17)33-15-19(14-24(33)34)26(36)32-12-10-18(11-13-32)25(35)29-27-31-30-23(38-27)16-37-22-8-4-20(28)5-9-22/h2-9,18-19H,10-16H2,1H3,(H,29,31,35). The van der Waals surface area contributed by atoms with Crippen LogP contribution >= 0.6 is 22.9 Å². The van der Waals surface area contributed by atoms with Gasteiger partial charge in [-0.1, -0.05) is 40.6 Å². The van der Waals surface area contributed by atoms with Gasteiger partial charge in [-0.05, 0) is 56.2 Å². The summed E-state index contributed by atoms with van der Waals surface area (Å²) in [6.45, 7) is 3.60.